The number of carbonyl (C=O) groups is 1. The number of aryl methyl sites for hydroxylation is 1. The zero-order valence-corrected chi connectivity index (χ0v) is 15.6. The number of amides is 1. The van der Waals surface area contributed by atoms with Crippen LogP contribution in [0.2, 0.25) is 5.02 Å². The number of hydrogen-bond donors (Lipinski definition) is 1. The number of rotatable bonds is 7. The summed E-state index contributed by atoms with van der Waals surface area (Å²) in [6.45, 7) is 0.575. The summed E-state index contributed by atoms with van der Waals surface area (Å²) in [4.78, 5) is 12.2. The predicted octanol–water partition coefficient (Wildman–Crippen LogP) is 4.65. The van der Waals surface area contributed by atoms with Crippen molar-refractivity contribution in [1.82, 2.24) is 5.32 Å². The van der Waals surface area contributed by atoms with Crippen molar-refractivity contribution in [2.45, 2.75) is 25.3 Å². The highest BCUT2D eigenvalue weighted by Crippen LogP contribution is 2.29. The summed E-state index contributed by atoms with van der Waals surface area (Å²) in [5.41, 5.74) is 2.64. The van der Waals surface area contributed by atoms with Crippen molar-refractivity contribution in [2.24, 2.45) is 0 Å². The minimum atomic E-state index is 0.0956. The first-order chi connectivity index (χ1) is 12.2. The molecule has 0 fully saturated rings. The van der Waals surface area contributed by atoms with Gasteiger partial charge in [0, 0.05) is 10.8 Å². The number of hydrogen-bond acceptors (Lipinski definition) is 3. The Balaban J connectivity index is 1.37. The first kappa shape index (κ1) is 18.2. The topological polar surface area (TPSA) is 38.3 Å². The lowest BCUT2D eigenvalue weighted by Crippen LogP contribution is -2.32. The van der Waals surface area contributed by atoms with Crippen LogP contribution in [-0.2, 0) is 11.2 Å². The van der Waals surface area contributed by atoms with Gasteiger partial charge in [0.05, 0.1) is 18.4 Å². The second-order valence-electron chi connectivity index (χ2n) is 6.07. The molecule has 1 atom stereocenters. The van der Waals surface area contributed by atoms with E-state index in [-0.39, 0.29) is 11.9 Å². The molecule has 0 heterocycles. The lowest BCUT2D eigenvalue weighted by Gasteiger charge is -2.26. The molecule has 0 bridgehead atoms. The number of benzene rings is 2. The van der Waals surface area contributed by atoms with E-state index in [2.05, 4.69) is 23.5 Å². The third kappa shape index (κ3) is 5.41. The van der Waals surface area contributed by atoms with E-state index >= 15 is 0 Å². The Kier molecular flexibility index (Phi) is 6.65. The fraction of sp³-hybridized carbons (Fsp3) is 0.350. The quantitative estimate of drug-likeness (QED) is 0.716. The summed E-state index contributed by atoms with van der Waals surface area (Å²) in [6, 6.07) is 15.9. The van der Waals surface area contributed by atoms with Crippen LogP contribution in [0.5, 0.6) is 5.75 Å². The van der Waals surface area contributed by atoms with Gasteiger partial charge >= 0.3 is 0 Å². The van der Waals surface area contributed by atoms with Crippen molar-refractivity contribution in [2.75, 3.05) is 18.1 Å². The van der Waals surface area contributed by atoms with Crippen molar-refractivity contribution in [3.05, 3.63) is 64.7 Å². The van der Waals surface area contributed by atoms with Gasteiger partial charge in [-0.2, -0.15) is 0 Å². The molecule has 2 aromatic carbocycles. The summed E-state index contributed by atoms with van der Waals surface area (Å²) in [6.07, 6.45) is 3.26. The number of carbonyl (C=O) groups excluding carboxylic acids is 1. The Morgan fingerprint density at radius 2 is 2.00 bits per heavy atom. The Morgan fingerprint density at radius 3 is 2.84 bits per heavy atom. The van der Waals surface area contributed by atoms with Gasteiger partial charge in [-0.15, -0.1) is 11.8 Å². The van der Waals surface area contributed by atoms with E-state index in [1.165, 1.54) is 11.1 Å². The number of thioether (sulfide) groups is 1. The van der Waals surface area contributed by atoms with E-state index in [4.69, 9.17) is 16.3 Å². The zero-order chi connectivity index (χ0) is 17.5. The maximum absolute atomic E-state index is 12.2. The molecule has 0 aromatic heterocycles. The van der Waals surface area contributed by atoms with Crippen molar-refractivity contribution < 1.29 is 9.53 Å². The Hall–Kier alpha value is -1.65. The van der Waals surface area contributed by atoms with Crippen molar-refractivity contribution in [1.29, 1.82) is 0 Å². The van der Waals surface area contributed by atoms with Crippen LogP contribution in [-0.4, -0.2) is 24.0 Å². The van der Waals surface area contributed by atoms with E-state index in [9.17, 15) is 4.79 Å². The molecule has 0 saturated heterocycles. The average Bonchev–Trinajstić information content (AvgIpc) is 2.63. The SMILES string of the molecule is O=C(CSCCOc1ccc(Cl)cc1)N[C@@H]1CCCc2ccccc21. The van der Waals surface area contributed by atoms with E-state index in [0.29, 0.717) is 17.4 Å². The van der Waals surface area contributed by atoms with Crippen LogP contribution in [0.15, 0.2) is 48.5 Å². The largest absolute Gasteiger partial charge is 0.493 e. The number of fused-ring (bicyclic) bond motifs is 1. The van der Waals surface area contributed by atoms with Crippen LogP contribution in [0.25, 0.3) is 0 Å². The van der Waals surface area contributed by atoms with Gasteiger partial charge in [0.15, 0.2) is 0 Å². The van der Waals surface area contributed by atoms with Gasteiger partial charge in [0.2, 0.25) is 5.91 Å². The van der Waals surface area contributed by atoms with Gasteiger partial charge in [-0.1, -0.05) is 35.9 Å². The Bertz CT molecular complexity index is 705. The van der Waals surface area contributed by atoms with Crippen LogP contribution in [0.3, 0.4) is 0 Å². The lowest BCUT2D eigenvalue weighted by atomic mass is 9.88. The number of nitrogens with one attached hydrogen (secondary N) is 1. The first-order valence-corrected chi connectivity index (χ1v) is 10.1. The van der Waals surface area contributed by atoms with Crippen LogP contribution in [0.1, 0.15) is 30.0 Å². The average molecular weight is 376 g/mol. The highest BCUT2D eigenvalue weighted by Gasteiger charge is 2.21. The molecule has 1 aliphatic rings. The van der Waals surface area contributed by atoms with Crippen molar-refractivity contribution in [3.63, 3.8) is 0 Å². The molecule has 3 rings (SSSR count). The fourth-order valence-corrected chi connectivity index (χ4v) is 3.79. The monoisotopic (exact) mass is 375 g/mol. The molecule has 1 aliphatic carbocycles. The van der Waals surface area contributed by atoms with Gasteiger partial charge < -0.3 is 10.1 Å². The second kappa shape index (κ2) is 9.16. The third-order valence-electron chi connectivity index (χ3n) is 4.25. The number of halogens is 1. The molecule has 25 heavy (non-hydrogen) atoms. The smallest absolute Gasteiger partial charge is 0.230 e. The van der Waals surface area contributed by atoms with E-state index in [0.717, 1.165) is 30.8 Å². The highest BCUT2D eigenvalue weighted by molar-refractivity contribution is 7.99. The number of ether oxygens (including phenoxy) is 1. The molecule has 132 valence electrons. The van der Waals surface area contributed by atoms with Crippen LogP contribution >= 0.6 is 23.4 Å². The molecule has 0 saturated carbocycles. The summed E-state index contributed by atoms with van der Waals surface area (Å²) >= 11 is 7.43. The maximum atomic E-state index is 12.2. The zero-order valence-electron chi connectivity index (χ0n) is 14.0. The van der Waals surface area contributed by atoms with Gasteiger partial charge in [0.25, 0.3) is 0 Å². The second-order valence-corrected chi connectivity index (χ2v) is 7.61. The van der Waals surface area contributed by atoms with Crippen molar-refractivity contribution in [3.8, 4) is 5.75 Å². The summed E-state index contributed by atoms with van der Waals surface area (Å²) in [7, 11) is 0. The van der Waals surface area contributed by atoms with Gasteiger partial charge in [-0.05, 0) is 54.7 Å². The fourth-order valence-electron chi connectivity index (χ4n) is 3.05. The standard InChI is InChI=1S/C20H22ClNO2S/c21-16-8-10-17(11-9-16)24-12-13-25-14-20(23)22-19-7-3-5-15-4-1-2-6-18(15)19/h1-2,4,6,8-11,19H,3,5,7,12-14H2,(H,22,23)/t19-/m1/s1. The van der Waals surface area contributed by atoms with E-state index < -0.39 is 0 Å². The summed E-state index contributed by atoms with van der Waals surface area (Å²) in [5.74, 6) is 2.13. The summed E-state index contributed by atoms with van der Waals surface area (Å²) < 4.78 is 5.63. The molecular formula is C20H22ClNO2S. The normalized spacial score (nSPS) is 16.1. The van der Waals surface area contributed by atoms with Gasteiger partial charge in [-0.25, -0.2) is 0 Å². The van der Waals surface area contributed by atoms with Crippen LogP contribution < -0.4 is 10.1 Å². The first-order valence-electron chi connectivity index (χ1n) is 8.55. The molecule has 3 nitrogen and oxygen atoms in total. The molecule has 0 radical (unpaired) electrons. The molecule has 0 aliphatic heterocycles. The molecule has 0 unspecified atom stereocenters. The van der Waals surface area contributed by atoms with Gasteiger partial charge in [0.1, 0.15) is 5.75 Å². The Morgan fingerprint density at radius 1 is 1.20 bits per heavy atom. The Labute approximate surface area is 158 Å². The predicted molar refractivity (Wildman–Crippen MR) is 105 cm³/mol. The molecule has 1 amide bonds. The minimum absolute atomic E-state index is 0.0956. The van der Waals surface area contributed by atoms with Crippen molar-refractivity contribution >= 4 is 29.3 Å². The molecule has 0 spiro atoms. The third-order valence-corrected chi connectivity index (χ3v) is 5.42. The molecule has 5 heteroatoms. The van der Waals surface area contributed by atoms with E-state index in [1.54, 1.807) is 23.9 Å². The minimum Gasteiger partial charge on any atom is -0.493 e. The molecule has 1 N–H and O–H groups in total. The summed E-state index contributed by atoms with van der Waals surface area (Å²) in [5, 5.41) is 3.87. The highest BCUT2D eigenvalue weighted by atomic mass is 35.5. The van der Waals surface area contributed by atoms with Gasteiger partial charge in [-0.3, -0.25) is 4.79 Å². The van der Waals surface area contributed by atoms with Crippen LogP contribution in [0, 0.1) is 0 Å². The lowest BCUT2D eigenvalue weighted by molar-refractivity contribution is -0.119. The van der Waals surface area contributed by atoms with E-state index in [1.807, 2.05) is 18.2 Å². The molecule has 2 aromatic rings. The van der Waals surface area contributed by atoms with Crippen LogP contribution in [0.4, 0.5) is 0 Å². The molecular weight excluding hydrogens is 354 g/mol. The maximum Gasteiger partial charge on any atom is 0.230 e.